The molecule has 1 amide bonds. The molecular weight excluding hydrogens is 244 g/mol. The summed E-state index contributed by atoms with van der Waals surface area (Å²) in [5.41, 5.74) is 1.41. The van der Waals surface area contributed by atoms with Gasteiger partial charge in [0.2, 0.25) is 5.91 Å². The smallest absolute Gasteiger partial charge is 0.303 e. The van der Waals surface area contributed by atoms with Crippen molar-refractivity contribution in [2.45, 2.75) is 26.2 Å². The molecule has 1 heterocycles. The molecule has 0 saturated heterocycles. The molecule has 2 N–H and O–H groups in total. The fourth-order valence-electron chi connectivity index (χ4n) is 1.27. The number of aryl methyl sites for hydroxylation is 1. The Morgan fingerprint density at radius 1 is 1.47 bits per heavy atom. The first kappa shape index (κ1) is 13.4. The van der Waals surface area contributed by atoms with Gasteiger partial charge in [0, 0.05) is 12.8 Å². The molecule has 0 unspecified atom stereocenters. The maximum atomic E-state index is 11.5. The molecule has 0 spiro atoms. The van der Waals surface area contributed by atoms with Crippen LogP contribution in [-0.2, 0) is 9.59 Å². The monoisotopic (exact) mass is 256 g/mol. The largest absolute Gasteiger partial charge is 0.481 e. The van der Waals surface area contributed by atoms with Crippen molar-refractivity contribution in [1.82, 2.24) is 4.98 Å². The van der Waals surface area contributed by atoms with Gasteiger partial charge in [0.25, 0.3) is 0 Å². The van der Waals surface area contributed by atoms with Crippen molar-refractivity contribution in [2.75, 3.05) is 5.32 Å². The lowest BCUT2D eigenvalue weighted by Gasteiger charge is -2.07. The Balaban J connectivity index is 2.48. The third-order valence-corrected chi connectivity index (χ3v) is 2.35. The highest BCUT2D eigenvalue weighted by Crippen LogP contribution is 2.17. The number of aromatic nitrogens is 1. The SMILES string of the molecule is Cc1cc(Cl)ncc1NC(=O)CCCC(=O)O. The number of pyridine rings is 1. The zero-order chi connectivity index (χ0) is 12.8. The fraction of sp³-hybridized carbons (Fsp3) is 0.364. The normalized spacial score (nSPS) is 10.0. The van der Waals surface area contributed by atoms with E-state index in [4.69, 9.17) is 16.7 Å². The van der Waals surface area contributed by atoms with E-state index in [-0.39, 0.29) is 18.7 Å². The van der Waals surface area contributed by atoms with Gasteiger partial charge in [-0.3, -0.25) is 9.59 Å². The lowest BCUT2D eigenvalue weighted by Crippen LogP contribution is -2.13. The van der Waals surface area contributed by atoms with Crippen molar-refractivity contribution < 1.29 is 14.7 Å². The van der Waals surface area contributed by atoms with Crippen LogP contribution in [0, 0.1) is 6.92 Å². The molecule has 1 aromatic rings. The number of amides is 1. The van der Waals surface area contributed by atoms with Gasteiger partial charge >= 0.3 is 5.97 Å². The van der Waals surface area contributed by atoms with Crippen molar-refractivity contribution in [3.63, 3.8) is 0 Å². The van der Waals surface area contributed by atoms with Crippen LogP contribution in [0.5, 0.6) is 0 Å². The van der Waals surface area contributed by atoms with Crippen molar-refractivity contribution in [3.8, 4) is 0 Å². The number of nitrogens with zero attached hydrogens (tertiary/aromatic N) is 1. The van der Waals surface area contributed by atoms with Gasteiger partial charge in [-0.25, -0.2) is 4.98 Å². The van der Waals surface area contributed by atoms with Gasteiger partial charge in [-0.2, -0.15) is 0 Å². The molecule has 0 fully saturated rings. The van der Waals surface area contributed by atoms with Gasteiger partial charge in [-0.15, -0.1) is 0 Å². The second-order valence-electron chi connectivity index (χ2n) is 3.62. The maximum Gasteiger partial charge on any atom is 0.303 e. The van der Waals surface area contributed by atoms with E-state index in [0.717, 1.165) is 5.56 Å². The summed E-state index contributed by atoms with van der Waals surface area (Å²) in [7, 11) is 0. The quantitative estimate of drug-likeness (QED) is 0.792. The van der Waals surface area contributed by atoms with Crippen LogP contribution in [0.25, 0.3) is 0 Å². The van der Waals surface area contributed by atoms with E-state index < -0.39 is 5.97 Å². The number of carbonyl (C=O) groups excluding carboxylic acids is 1. The van der Waals surface area contributed by atoms with E-state index in [0.29, 0.717) is 17.3 Å². The number of carbonyl (C=O) groups is 2. The van der Waals surface area contributed by atoms with E-state index in [1.807, 2.05) is 0 Å². The van der Waals surface area contributed by atoms with E-state index in [1.165, 1.54) is 6.20 Å². The Hall–Kier alpha value is -1.62. The van der Waals surface area contributed by atoms with Gasteiger partial charge in [0.15, 0.2) is 0 Å². The maximum absolute atomic E-state index is 11.5. The molecular formula is C11H13ClN2O3. The molecule has 0 aliphatic carbocycles. The first-order chi connectivity index (χ1) is 7.99. The van der Waals surface area contributed by atoms with Crippen LogP contribution in [0.2, 0.25) is 5.15 Å². The molecule has 0 aliphatic rings. The van der Waals surface area contributed by atoms with E-state index in [1.54, 1.807) is 13.0 Å². The minimum atomic E-state index is -0.901. The molecule has 0 saturated carbocycles. The Labute approximate surface area is 104 Å². The zero-order valence-electron chi connectivity index (χ0n) is 9.36. The molecule has 0 atom stereocenters. The summed E-state index contributed by atoms with van der Waals surface area (Å²) in [4.78, 5) is 25.6. The van der Waals surface area contributed by atoms with Gasteiger partial charge in [0.1, 0.15) is 5.15 Å². The number of rotatable bonds is 5. The Bertz CT molecular complexity index is 435. The van der Waals surface area contributed by atoms with Gasteiger partial charge < -0.3 is 10.4 Å². The number of nitrogens with one attached hydrogen (secondary N) is 1. The summed E-state index contributed by atoms with van der Waals surface area (Å²) >= 11 is 5.68. The zero-order valence-corrected chi connectivity index (χ0v) is 10.1. The van der Waals surface area contributed by atoms with Gasteiger partial charge in [-0.05, 0) is 25.0 Å². The number of aliphatic carboxylic acids is 1. The van der Waals surface area contributed by atoms with E-state index in [2.05, 4.69) is 10.3 Å². The van der Waals surface area contributed by atoms with Crippen LogP contribution in [-0.4, -0.2) is 22.0 Å². The van der Waals surface area contributed by atoms with Crippen LogP contribution in [0.1, 0.15) is 24.8 Å². The number of carboxylic acid groups (broad SMARTS) is 1. The second kappa shape index (κ2) is 6.20. The van der Waals surface area contributed by atoms with Crippen molar-refractivity contribution >= 4 is 29.2 Å². The number of hydrogen-bond donors (Lipinski definition) is 2. The van der Waals surface area contributed by atoms with E-state index in [9.17, 15) is 9.59 Å². The topological polar surface area (TPSA) is 79.3 Å². The molecule has 0 aromatic carbocycles. The predicted molar refractivity (Wildman–Crippen MR) is 64.1 cm³/mol. The van der Waals surface area contributed by atoms with Crippen molar-refractivity contribution in [3.05, 3.63) is 23.0 Å². The summed E-state index contributed by atoms with van der Waals surface area (Å²) in [6.07, 6.45) is 1.97. The fourth-order valence-corrected chi connectivity index (χ4v) is 1.48. The Kier molecular flexibility index (Phi) is 4.90. The van der Waals surface area contributed by atoms with Crippen molar-refractivity contribution in [1.29, 1.82) is 0 Å². The molecule has 6 heteroatoms. The summed E-state index contributed by atoms with van der Waals surface area (Å²) in [6, 6.07) is 1.65. The molecule has 17 heavy (non-hydrogen) atoms. The van der Waals surface area contributed by atoms with Crippen LogP contribution < -0.4 is 5.32 Å². The average Bonchev–Trinajstić information content (AvgIpc) is 2.21. The third kappa shape index (κ3) is 4.82. The van der Waals surface area contributed by atoms with Crippen LogP contribution in [0.15, 0.2) is 12.3 Å². The first-order valence-electron chi connectivity index (χ1n) is 5.13. The molecule has 5 nitrogen and oxygen atoms in total. The van der Waals surface area contributed by atoms with Gasteiger partial charge in [-0.1, -0.05) is 11.6 Å². The predicted octanol–water partition coefficient (Wildman–Crippen LogP) is 2.24. The summed E-state index contributed by atoms with van der Waals surface area (Å²) in [5, 5.41) is 11.5. The van der Waals surface area contributed by atoms with E-state index >= 15 is 0 Å². The third-order valence-electron chi connectivity index (χ3n) is 2.15. The Morgan fingerprint density at radius 2 is 2.18 bits per heavy atom. The highest BCUT2D eigenvalue weighted by Gasteiger charge is 2.06. The highest BCUT2D eigenvalue weighted by atomic mass is 35.5. The molecule has 1 rings (SSSR count). The number of halogens is 1. The van der Waals surface area contributed by atoms with Crippen LogP contribution >= 0.6 is 11.6 Å². The minimum Gasteiger partial charge on any atom is -0.481 e. The summed E-state index contributed by atoms with van der Waals surface area (Å²) < 4.78 is 0. The standard InChI is InChI=1S/C11H13ClN2O3/c1-7-5-9(12)13-6-8(7)14-10(15)3-2-4-11(16)17/h5-6H,2-4H2,1H3,(H,14,15)(H,16,17). The number of carboxylic acids is 1. The minimum absolute atomic E-state index is 0.00866. The van der Waals surface area contributed by atoms with Crippen LogP contribution in [0.3, 0.4) is 0 Å². The number of anilines is 1. The highest BCUT2D eigenvalue weighted by molar-refractivity contribution is 6.29. The lowest BCUT2D eigenvalue weighted by molar-refractivity contribution is -0.137. The van der Waals surface area contributed by atoms with Crippen molar-refractivity contribution in [2.24, 2.45) is 0 Å². The Morgan fingerprint density at radius 3 is 2.76 bits per heavy atom. The summed E-state index contributed by atoms with van der Waals surface area (Å²) in [6.45, 7) is 1.81. The lowest BCUT2D eigenvalue weighted by atomic mass is 10.2. The van der Waals surface area contributed by atoms with Gasteiger partial charge in [0.05, 0.1) is 11.9 Å². The molecule has 0 radical (unpaired) electrons. The molecule has 0 aliphatic heterocycles. The van der Waals surface area contributed by atoms with Crippen LogP contribution in [0.4, 0.5) is 5.69 Å². The second-order valence-corrected chi connectivity index (χ2v) is 4.00. The first-order valence-corrected chi connectivity index (χ1v) is 5.50. The summed E-state index contributed by atoms with van der Waals surface area (Å²) in [5.74, 6) is -1.12. The number of hydrogen-bond acceptors (Lipinski definition) is 3. The molecule has 1 aromatic heterocycles. The average molecular weight is 257 g/mol. The molecule has 92 valence electrons. The molecule has 0 bridgehead atoms.